The van der Waals surface area contributed by atoms with E-state index in [1.54, 1.807) is 7.11 Å². The molecule has 0 saturated heterocycles. The number of rotatable bonds is 6. The van der Waals surface area contributed by atoms with Gasteiger partial charge in [0.05, 0.1) is 6.61 Å². The number of methoxy groups -OCH3 is 1. The lowest BCUT2D eigenvalue weighted by molar-refractivity contribution is 0.210. The van der Waals surface area contributed by atoms with Crippen LogP contribution in [0.2, 0.25) is 0 Å². The third kappa shape index (κ3) is 3.95. The third-order valence-electron chi connectivity index (χ3n) is 4.39. The molecule has 0 amide bonds. The second kappa shape index (κ2) is 8.06. The average molecular weight is 340 g/mol. The van der Waals surface area contributed by atoms with Gasteiger partial charge in [0.15, 0.2) is 0 Å². The second-order valence-corrected chi connectivity index (χ2v) is 6.06. The predicted octanol–water partition coefficient (Wildman–Crippen LogP) is 2.71. The van der Waals surface area contributed by atoms with E-state index in [0.29, 0.717) is 31.9 Å². The van der Waals surface area contributed by atoms with Crippen molar-refractivity contribution >= 4 is 5.82 Å². The molecule has 1 aliphatic heterocycles. The summed E-state index contributed by atoms with van der Waals surface area (Å²) in [5, 5.41) is 12.4. The summed E-state index contributed by atoms with van der Waals surface area (Å²) >= 11 is 0. The van der Waals surface area contributed by atoms with Gasteiger partial charge in [0, 0.05) is 38.9 Å². The molecule has 1 aromatic carbocycles. The first-order valence-corrected chi connectivity index (χ1v) is 8.33. The van der Waals surface area contributed by atoms with Gasteiger partial charge in [0.1, 0.15) is 17.5 Å². The summed E-state index contributed by atoms with van der Waals surface area (Å²) in [5.74, 6) is -0.181. The van der Waals surface area contributed by atoms with Crippen molar-refractivity contribution < 1.29 is 9.13 Å². The van der Waals surface area contributed by atoms with Gasteiger partial charge in [-0.05, 0) is 17.5 Å². The number of fused-ring (bicyclic) bond motifs is 1. The quantitative estimate of drug-likeness (QED) is 0.647. The van der Waals surface area contributed by atoms with Crippen molar-refractivity contribution in [2.45, 2.75) is 19.5 Å². The maximum absolute atomic E-state index is 14.2. The molecule has 6 heteroatoms. The Morgan fingerprint density at radius 3 is 2.84 bits per heavy atom. The number of aromatic nitrogens is 1. The number of ether oxygens (including phenoxy) is 1. The van der Waals surface area contributed by atoms with Crippen LogP contribution in [0.25, 0.3) is 0 Å². The van der Waals surface area contributed by atoms with Crippen LogP contribution in [0.4, 0.5) is 10.2 Å². The number of nitriles is 1. The molecule has 3 rings (SSSR count). The molecule has 1 aromatic heterocycles. The summed E-state index contributed by atoms with van der Waals surface area (Å²) in [6, 6.07) is 12.2. The van der Waals surface area contributed by atoms with Crippen LogP contribution >= 0.6 is 0 Å². The molecule has 0 spiro atoms. The van der Waals surface area contributed by atoms with Crippen molar-refractivity contribution in [1.29, 1.82) is 5.26 Å². The van der Waals surface area contributed by atoms with E-state index in [0.717, 1.165) is 24.2 Å². The van der Waals surface area contributed by atoms with E-state index in [4.69, 9.17) is 4.74 Å². The minimum Gasteiger partial charge on any atom is -0.383 e. The lowest BCUT2D eigenvalue weighted by Gasteiger charge is -2.30. The van der Waals surface area contributed by atoms with E-state index in [1.165, 1.54) is 5.56 Å². The number of hydrogen-bond donors (Lipinski definition) is 1. The Hall–Kier alpha value is -2.49. The van der Waals surface area contributed by atoms with Crippen molar-refractivity contribution in [3.8, 4) is 6.07 Å². The predicted molar refractivity (Wildman–Crippen MR) is 93.5 cm³/mol. The summed E-state index contributed by atoms with van der Waals surface area (Å²) < 4.78 is 19.2. The molecule has 0 bridgehead atoms. The van der Waals surface area contributed by atoms with Crippen LogP contribution in [0.15, 0.2) is 30.3 Å². The fourth-order valence-electron chi connectivity index (χ4n) is 3.17. The molecule has 0 unspecified atom stereocenters. The number of nitrogens with zero attached hydrogens (tertiary/aromatic N) is 3. The zero-order valence-corrected chi connectivity index (χ0v) is 14.3. The third-order valence-corrected chi connectivity index (χ3v) is 4.39. The van der Waals surface area contributed by atoms with Gasteiger partial charge >= 0.3 is 0 Å². The smallest absolute Gasteiger partial charge is 0.233 e. The molecule has 25 heavy (non-hydrogen) atoms. The van der Waals surface area contributed by atoms with Gasteiger partial charge in [-0.1, -0.05) is 30.3 Å². The van der Waals surface area contributed by atoms with E-state index < -0.39 is 5.95 Å². The Bertz CT molecular complexity index is 773. The number of anilines is 1. The molecule has 2 heterocycles. The molecule has 0 radical (unpaired) electrons. The number of pyridine rings is 1. The number of benzene rings is 1. The van der Waals surface area contributed by atoms with Crippen LogP contribution in [-0.4, -0.2) is 36.7 Å². The molecule has 0 fully saturated rings. The Labute approximate surface area is 147 Å². The average Bonchev–Trinajstić information content (AvgIpc) is 2.63. The zero-order valence-electron chi connectivity index (χ0n) is 14.3. The molecule has 5 nitrogen and oxygen atoms in total. The highest BCUT2D eigenvalue weighted by atomic mass is 19.1. The molecule has 0 atom stereocenters. The van der Waals surface area contributed by atoms with Crippen LogP contribution in [0.3, 0.4) is 0 Å². The van der Waals surface area contributed by atoms with Crippen molar-refractivity contribution in [1.82, 2.24) is 9.88 Å². The molecule has 0 saturated carbocycles. The first-order chi connectivity index (χ1) is 12.2. The molecule has 0 aliphatic carbocycles. The van der Waals surface area contributed by atoms with Crippen molar-refractivity contribution in [3.63, 3.8) is 0 Å². The maximum Gasteiger partial charge on any atom is 0.233 e. The first-order valence-electron chi connectivity index (χ1n) is 8.33. The summed E-state index contributed by atoms with van der Waals surface area (Å²) in [4.78, 5) is 6.28. The second-order valence-electron chi connectivity index (χ2n) is 6.06. The van der Waals surface area contributed by atoms with E-state index >= 15 is 0 Å². The number of nitrogens with one attached hydrogen (secondary N) is 1. The van der Waals surface area contributed by atoms with Crippen LogP contribution in [0, 0.1) is 17.3 Å². The van der Waals surface area contributed by atoms with Gasteiger partial charge in [-0.3, -0.25) is 4.90 Å². The van der Waals surface area contributed by atoms with Gasteiger partial charge in [0.25, 0.3) is 0 Å². The molecule has 1 N–H and O–H groups in total. The molecule has 2 aromatic rings. The number of hydrogen-bond acceptors (Lipinski definition) is 5. The lowest BCUT2D eigenvalue weighted by Crippen LogP contribution is -2.32. The van der Waals surface area contributed by atoms with Crippen LogP contribution in [0.1, 0.15) is 22.3 Å². The number of halogens is 1. The Morgan fingerprint density at radius 1 is 1.32 bits per heavy atom. The monoisotopic (exact) mass is 340 g/mol. The summed E-state index contributed by atoms with van der Waals surface area (Å²) in [5.41, 5.74) is 3.00. The van der Waals surface area contributed by atoms with E-state index in [-0.39, 0.29) is 5.56 Å². The van der Waals surface area contributed by atoms with Gasteiger partial charge in [0.2, 0.25) is 5.95 Å². The normalized spacial score (nSPS) is 14.0. The summed E-state index contributed by atoms with van der Waals surface area (Å²) in [7, 11) is 1.62. The highest BCUT2D eigenvalue weighted by molar-refractivity contribution is 5.55. The Morgan fingerprint density at radius 2 is 2.12 bits per heavy atom. The van der Waals surface area contributed by atoms with Crippen LogP contribution in [-0.2, 0) is 24.2 Å². The Balaban J connectivity index is 1.86. The zero-order chi connectivity index (χ0) is 17.6. The van der Waals surface area contributed by atoms with Crippen molar-refractivity contribution in [2.24, 2.45) is 0 Å². The first kappa shape index (κ1) is 17.3. The fourth-order valence-corrected chi connectivity index (χ4v) is 3.17. The van der Waals surface area contributed by atoms with Crippen molar-refractivity contribution in [3.05, 3.63) is 58.5 Å². The van der Waals surface area contributed by atoms with Gasteiger partial charge < -0.3 is 10.1 Å². The van der Waals surface area contributed by atoms with Gasteiger partial charge in [-0.15, -0.1) is 0 Å². The highest BCUT2D eigenvalue weighted by Gasteiger charge is 2.25. The van der Waals surface area contributed by atoms with E-state index in [1.807, 2.05) is 24.3 Å². The van der Waals surface area contributed by atoms with Crippen molar-refractivity contribution in [2.75, 3.05) is 32.1 Å². The SMILES string of the molecule is COCCNc1nc(F)c(C#N)c2c1CN(Cc1ccccc1)CC2. The minimum atomic E-state index is -0.697. The summed E-state index contributed by atoms with van der Waals surface area (Å²) in [6.45, 7) is 3.29. The van der Waals surface area contributed by atoms with Crippen LogP contribution in [0.5, 0.6) is 0 Å². The fraction of sp³-hybridized carbons (Fsp3) is 0.368. The van der Waals surface area contributed by atoms with Crippen LogP contribution < -0.4 is 5.32 Å². The molecular weight excluding hydrogens is 319 g/mol. The molecule has 130 valence electrons. The minimum absolute atomic E-state index is 0.0756. The topological polar surface area (TPSA) is 61.2 Å². The summed E-state index contributed by atoms with van der Waals surface area (Å²) in [6.07, 6.45) is 0.642. The molecule has 1 aliphatic rings. The largest absolute Gasteiger partial charge is 0.383 e. The Kier molecular flexibility index (Phi) is 5.59. The lowest BCUT2D eigenvalue weighted by atomic mass is 9.96. The van der Waals surface area contributed by atoms with Gasteiger partial charge in [-0.2, -0.15) is 9.65 Å². The van der Waals surface area contributed by atoms with Gasteiger partial charge in [-0.25, -0.2) is 4.98 Å². The van der Waals surface area contributed by atoms with E-state index in [2.05, 4.69) is 27.3 Å². The maximum atomic E-state index is 14.2. The van der Waals surface area contributed by atoms with E-state index in [9.17, 15) is 9.65 Å². The molecular formula is C19H21FN4O. The highest BCUT2D eigenvalue weighted by Crippen LogP contribution is 2.29. The standard InChI is InChI=1S/C19H21FN4O/c1-25-10-8-22-19-17-13-24(12-14-5-3-2-4-6-14)9-7-15(17)16(11-21)18(20)23-19/h2-6H,7-10,12-13H2,1H3,(H,22,23).